The maximum Gasteiger partial charge on any atom is 0.270 e. The van der Waals surface area contributed by atoms with Crippen LogP contribution in [0.5, 0.6) is 0 Å². The predicted octanol–water partition coefficient (Wildman–Crippen LogP) is 1.49. The van der Waals surface area contributed by atoms with Gasteiger partial charge in [-0.1, -0.05) is 23.2 Å². The summed E-state index contributed by atoms with van der Waals surface area (Å²) in [6.07, 6.45) is 0.841. The Morgan fingerprint density at radius 3 is 2.80 bits per heavy atom. The maximum atomic E-state index is 11.9. The molecule has 0 saturated carbocycles. The van der Waals surface area contributed by atoms with E-state index in [1.807, 2.05) is 0 Å². The summed E-state index contributed by atoms with van der Waals surface area (Å²) in [4.78, 5) is 16.3. The summed E-state index contributed by atoms with van der Waals surface area (Å²) in [6.45, 7) is 1.28. The average molecular weight is 248 g/mol. The summed E-state index contributed by atoms with van der Waals surface area (Å²) in [5.74, 6) is -0.100. The van der Waals surface area contributed by atoms with E-state index in [1.54, 1.807) is 4.90 Å². The molecule has 3 N–H and O–H groups in total. The first-order valence-corrected chi connectivity index (χ1v) is 5.42. The third kappa shape index (κ3) is 2.12. The van der Waals surface area contributed by atoms with Crippen LogP contribution in [-0.4, -0.2) is 34.9 Å². The molecule has 1 amide bonds. The van der Waals surface area contributed by atoms with Crippen molar-refractivity contribution in [2.45, 2.75) is 12.5 Å². The van der Waals surface area contributed by atoms with Gasteiger partial charge in [0.2, 0.25) is 0 Å². The molecule has 4 nitrogen and oxygen atoms in total. The molecule has 0 radical (unpaired) electrons. The molecule has 1 atom stereocenters. The van der Waals surface area contributed by atoms with Crippen LogP contribution in [0.3, 0.4) is 0 Å². The number of rotatable bonds is 1. The van der Waals surface area contributed by atoms with E-state index < -0.39 is 0 Å². The van der Waals surface area contributed by atoms with Gasteiger partial charge in [-0.25, -0.2) is 0 Å². The molecule has 1 aliphatic rings. The lowest BCUT2D eigenvalue weighted by Crippen LogP contribution is -2.32. The number of halogens is 2. The van der Waals surface area contributed by atoms with E-state index in [2.05, 4.69) is 4.98 Å². The third-order valence-electron chi connectivity index (χ3n) is 2.47. The number of hydrogen-bond donors (Lipinski definition) is 2. The van der Waals surface area contributed by atoms with Gasteiger partial charge in [-0.2, -0.15) is 0 Å². The normalized spacial score (nSPS) is 21.0. The van der Waals surface area contributed by atoms with Gasteiger partial charge in [0, 0.05) is 19.1 Å². The Morgan fingerprint density at radius 1 is 1.60 bits per heavy atom. The van der Waals surface area contributed by atoms with Gasteiger partial charge >= 0.3 is 0 Å². The highest BCUT2D eigenvalue weighted by Crippen LogP contribution is 2.23. The van der Waals surface area contributed by atoms with Crippen molar-refractivity contribution in [1.29, 1.82) is 0 Å². The monoisotopic (exact) mass is 247 g/mol. The van der Waals surface area contributed by atoms with Crippen molar-refractivity contribution < 1.29 is 4.79 Å². The van der Waals surface area contributed by atoms with Gasteiger partial charge in [0.05, 0.1) is 5.02 Å². The molecule has 0 unspecified atom stereocenters. The van der Waals surface area contributed by atoms with Crippen molar-refractivity contribution in [3.63, 3.8) is 0 Å². The molecule has 2 rings (SSSR count). The van der Waals surface area contributed by atoms with Crippen LogP contribution in [0.4, 0.5) is 0 Å². The number of H-pyrrole nitrogens is 1. The van der Waals surface area contributed by atoms with Crippen LogP contribution >= 0.6 is 23.2 Å². The van der Waals surface area contributed by atoms with Gasteiger partial charge in [0.1, 0.15) is 10.8 Å². The number of carbonyl (C=O) groups excluding carboxylic acids is 1. The fourth-order valence-corrected chi connectivity index (χ4v) is 1.97. The Bertz CT molecular complexity index is 371. The Morgan fingerprint density at radius 2 is 2.33 bits per heavy atom. The average Bonchev–Trinajstić information content (AvgIpc) is 2.74. The van der Waals surface area contributed by atoms with Crippen LogP contribution in [0.15, 0.2) is 6.07 Å². The van der Waals surface area contributed by atoms with E-state index in [0.717, 1.165) is 6.42 Å². The first kappa shape index (κ1) is 10.8. The molecule has 1 aromatic heterocycles. The van der Waals surface area contributed by atoms with E-state index in [1.165, 1.54) is 6.07 Å². The minimum Gasteiger partial charge on any atom is -0.340 e. The summed E-state index contributed by atoms with van der Waals surface area (Å²) >= 11 is 11.5. The van der Waals surface area contributed by atoms with Crippen molar-refractivity contribution in [1.82, 2.24) is 9.88 Å². The molecule has 0 spiro atoms. The molecular weight excluding hydrogens is 237 g/mol. The SMILES string of the molecule is N[C@H]1CCN(C(=O)c2cc(Cl)c(Cl)[nH]2)C1. The van der Waals surface area contributed by atoms with Crippen molar-refractivity contribution in [2.75, 3.05) is 13.1 Å². The minimum absolute atomic E-state index is 0.0786. The fourth-order valence-electron chi connectivity index (χ4n) is 1.66. The summed E-state index contributed by atoms with van der Waals surface area (Å²) in [6, 6.07) is 1.62. The Hall–Kier alpha value is -0.710. The summed E-state index contributed by atoms with van der Waals surface area (Å²) < 4.78 is 0. The Balaban J connectivity index is 2.14. The number of aromatic nitrogens is 1. The number of nitrogens with zero attached hydrogens (tertiary/aromatic N) is 1. The topological polar surface area (TPSA) is 62.1 Å². The van der Waals surface area contributed by atoms with Crippen LogP contribution in [0.1, 0.15) is 16.9 Å². The lowest BCUT2D eigenvalue weighted by atomic mass is 10.3. The zero-order valence-electron chi connectivity index (χ0n) is 7.96. The van der Waals surface area contributed by atoms with Crippen LogP contribution in [0.25, 0.3) is 0 Å². The predicted molar refractivity (Wildman–Crippen MR) is 59.3 cm³/mol. The number of likely N-dealkylation sites (tertiary alicyclic amines) is 1. The van der Waals surface area contributed by atoms with Crippen molar-refractivity contribution in [3.8, 4) is 0 Å². The van der Waals surface area contributed by atoms with Gasteiger partial charge in [0.15, 0.2) is 0 Å². The molecule has 0 aromatic carbocycles. The fraction of sp³-hybridized carbons (Fsp3) is 0.444. The molecular formula is C9H11Cl2N3O. The zero-order valence-corrected chi connectivity index (χ0v) is 9.48. The standard InChI is InChI=1S/C9H11Cl2N3O/c10-6-3-7(13-8(6)11)9(15)14-2-1-5(12)4-14/h3,5,13H,1-2,4,12H2/t5-/m0/s1. The summed E-state index contributed by atoms with van der Waals surface area (Å²) in [5.41, 5.74) is 6.14. The Labute approximate surface area is 97.3 Å². The first-order chi connectivity index (χ1) is 7.08. The van der Waals surface area contributed by atoms with E-state index in [4.69, 9.17) is 28.9 Å². The number of carbonyl (C=O) groups is 1. The smallest absolute Gasteiger partial charge is 0.270 e. The largest absolute Gasteiger partial charge is 0.340 e. The second-order valence-corrected chi connectivity index (χ2v) is 4.43. The van der Waals surface area contributed by atoms with Gasteiger partial charge in [-0.05, 0) is 12.5 Å². The summed E-state index contributed by atoms with van der Waals surface area (Å²) in [5, 5.41) is 0.659. The summed E-state index contributed by atoms with van der Waals surface area (Å²) in [7, 11) is 0. The molecule has 2 heterocycles. The van der Waals surface area contributed by atoms with Crippen molar-refractivity contribution in [3.05, 3.63) is 21.9 Å². The second-order valence-electron chi connectivity index (χ2n) is 3.64. The lowest BCUT2D eigenvalue weighted by Gasteiger charge is -2.14. The first-order valence-electron chi connectivity index (χ1n) is 4.67. The molecule has 1 fully saturated rings. The van der Waals surface area contributed by atoms with Crippen LogP contribution in [0.2, 0.25) is 10.2 Å². The number of nitrogens with two attached hydrogens (primary N) is 1. The van der Waals surface area contributed by atoms with Crippen LogP contribution in [-0.2, 0) is 0 Å². The number of amides is 1. The van der Waals surface area contributed by atoms with Crippen LogP contribution < -0.4 is 5.73 Å². The highest BCUT2D eigenvalue weighted by atomic mass is 35.5. The third-order valence-corrected chi connectivity index (χ3v) is 3.16. The molecule has 6 heteroatoms. The highest BCUT2D eigenvalue weighted by Gasteiger charge is 2.25. The minimum atomic E-state index is -0.100. The molecule has 0 aliphatic carbocycles. The Kier molecular flexibility index (Phi) is 2.91. The molecule has 15 heavy (non-hydrogen) atoms. The van der Waals surface area contributed by atoms with Gasteiger partial charge in [-0.15, -0.1) is 0 Å². The van der Waals surface area contributed by atoms with Crippen LogP contribution in [0, 0.1) is 0 Å². The van der Waals surface area contributed by atoms with Crippen molar-refractivity contribution in [2.24, 2.45) is 5.73 Å². The van der Waals surface area contributed by atoms with Gasteiger partial charge in [-0.3, -0.25) is 4.79 Å². The lowest BCUT2D eigenvalue weighted by molar-refractivity contribution is 0.0786. The molecule has 1 aromatic rings. The zero-order chi connectivity index (χ0) is 11.0. The highest BCUT2D eigenvalue weighted by molar-refractivity contribution is 6.41. The van der Waals surface area contributed by atoms with E-state index in [-0.39, 0.29) is 11.9 Å². The molecule has 1 saturated heterocycles. The number of nitrogens with one attached hydrogen (secondary N) is 1. The maximum absolute atomic E-state index is 11.9. The quantitative estimate of drug-likeness (QED) is 0.790. The van der Waals surface area contributed by atoms with Gasteiger partial charge in [0.25, 0.3) is 5.91 Å². The molecule has 1 aliphatic heterocycles. The second kappa shape index (κ2) is 4.04. The molecule has 0 bridgehead atoms. The van der Waals surface area contributed by atoms with E-state index in [0.29, 0.717) is 29.0 Å². The number of aromatic amines is 1. The number of hydrogen-bond acceptors (Lipinski definition) is 2. The molecule has 82 valence electrons. The van der Waals surface area contributed by atoms with Gasteiger partial charge < -0.3 is 15.6 Å². The van der Waals surface area contributed by atoms with E-state index >= 15 is 0 Å². The van der Waals surface area contributed by atoms with Crippen molar-refractivity contribution >= 4 is 29.1 Å². The van der Waals surface area contributed by atoms with E-state index in [9.17, 15) is 4.79 Å².